The fourth-order valence-corrected chi connectivity index (χ4v) is 4.40. The molecule has 2 unspecified atom stereocenters. The van der Waals surface area contributed by atoms with Crippen molar-refractivity contribution in [2.45, 2.75) is 75.8 Å². The fraction of sp³-hybridized carbons (Fsp3) is 0.727. The summed E-state index contributed by atoms with van der Waals surface area (Å²) in [7, 11) is 0. The molecule has 1 fully saturated rings. The summed E-state index contributed by atoms with van der Waals surface area (Å²) < 4.78 is 19.7. The molecule has 1 heterocycles. The van der Waals surface area contributed by atoms with Gasteiger partial charge in [-0.3, -0.25) is 0 Å². The molecule has 2 atom stereocenters. The van der Waals surface area contributed by atoms with Gasteiger partial charge in [-0.15, -0.1) is 11.8 Å². The number of aliphatic hydroxyl groups is 3. The van der Waals surface area contributed by atoms with E-state index in [9.17, 15) is 19.7 Å². The van der Waals surface area contributed by atoms with Gasteiger partial charge in [0.2, 0.25) is 0 Å². The van der Waals surface area contributed by atoms with Crippen molar-refractivity contribution in [2.75, 3.05) is 30.3 Å². The van der Waals surface area contributed by atoms with E-state index in [1.807, 2.05) is 11.0 Å². The molecule has 29 heavy (non-hydrogen) atoms. The summed E-state index contributed by atoms with van der Waals surface area (Å²) in [5.74, 6) is -0.811. The van der Waals surface area contributed by atoms with Gasteiger partial charge in [-0.05, 0) is 30.5 Å². The summed E-state index contributed by atoms with van der Waals surface area (Å²) in [6.07, 6.45) is 4.72. The zero-order valence-corrected chi connectivity index (χ0v) is 18.5. The van der Waals surface area contributed by atoms with Crippen molar-refractivity contribution in [1.29, 1.82) is 0 Å². The number of benzene rings is 1. The zero-order chi connectivity index (χ0) is 21.3. The minimum Gasteiger partial charge on any atom is -0.371 e. The second kappa shape index (κ2) is 12.1. The van der Waals surface area contributed by atoms with Gasteiger partial charge in [0.1, 0.15) is 5.82 Å². The molecule has 0 amide bonds. The number of nitrogens with zero attached hydrogens (tertiary/aromatic N) is 1. The predicted molar refractivity (Wildman–Crippen MR) is 116 cm³/mol. The standard InChI is InChI=1S/C22H36FNO4S/c1-3-5-6-17(4-2)16-28-21(25)7-12-29-20-14-18(23)13-19(15-20)24-10-8-22(26,27)9-11-24/h13-15,17,21,25-27H,3-12,16H2,1-2H3. The third-order valence-electron chi connectivity index (χ3n) is 5.49. The Morgan fingerprint density at radius 1 is 1.17 bits per heavy atom. The highest BCUT2D eigenvalue weighted by atomic mass is 32.2. The van der Waals surface area contributed by atoms with Crippen molar-refractivity contribution in [1.82, 2.24) is 0 Å². The van der Waals surface area contributed by atoms with Crippen LogP contribution in [0.25, 0.3) is 0 Å². The molecule has 0 bridgehead atoms. The van der Waals surface area contributed by atoms with E-state index in [0.717, 1.165) is 23.4 Å². The topological polar surface area (TPSA) is 73.2 Å². The van der Waals surface area contributed by atoms with Crippen LogP contribution in [0.1, 0.15) is 58.8 Å². The lowest BCUT2D eigenvalue weighted by atomic mass is 10.0. The van der Waals surface area contributed by atoms with E-state index in [0.29, 0.717) is 37.8 Å². The van der Waals surface area contributed by atoms with Crippen molar-refractivity contribution in [3.63, 3.8) is 0 Å². The minimum atomic E-state index is -1.62. The van der Waals surface area contributed by atoms with Gasteiger partial charge in [-0.1, -0.05) is 33.1 Å². The molecule has 3 N–H and O–H groups in total. The van der Waals surface area contributed by atoms with Crippen LogP contribution in [0.2, 0.25) is 0 Å². The molecule has 1 aliphatic heterocycles. The Bertz CT molecular complexity index is 606. The van der Waals surface area contributed by atoms with E-state index >= 15 is 0 Å². The summed E-state index contributed by atoms with van der Waals surface area (Å²) in [5, 5.41) is 29.4. The molecule has 0 aliphatic carbocycles. The first-order chi connectivity index (χ1) is 13.8. The van der Waals surface area contributed by atoms with Crippen LogP contribution in [0.15, 0.2) is 23.1 Å². The quantitative estimate of drug-likeness (QED) is 0.343. The average molecular weight is 430 g/mol. The van der Waals surface area contributed by atoms with Crippen LogP contribution in [0.3, 0.4) is 0 Å². The molecule has 2 rings (SSSR count). The molecule has 5 nitrogen and oxygen atoms in total. The number of anilines is 1. The van der Waals surface area contributed by atoms with Gasteiger partial charge in [0, 0.05) is 48.7 Å². The van der Waals surface area contributed by atoms with E-state index in [-0.39, 0.29) is 18.7 Å². The molecule has 1 aliphatic rings. The third-order valence-corrected chi connectivity index (χ3v) is 6.50. The summed E-state index contributed by atoms with van der Waals surface area (Å²) in [6.45, 7) is 5.86. The molecule has 1 aromatic rings. The van der Waals surface area contributed by atoms with Gasteiger partial charge in [0.05, 0.1) is 6.61 Å². The number of aliphatic hydroxyl groups excluding tert-OH is 1. The molecule has 0 saturated carbocycles. The molecule has 0 radical (unpaired) electrons. The van der Waals surface area contributed by atoms with Crippen LogP contribution in [0, 0.1) is 11.7 Å². The van der Waals surface area contributed by atoms with Crippen LogP contribution >= 0.6 is 11.8 Å². The Morgan fingerprint density at radius 3 is 2.55 bits per heavy atom. The van der Waals surface area contributed by atoms with Crippen molar-refractivity contribution in [3.8, 4) is 0 Å². The van der Waals surface area contributed by atoms with E-state index in [4.69, 9.17) is 4.74 Å². The lowest BCUT2D eigenvalue weighted by Crippen LogP contribution is -2.44. The van der Waals surface area contributed by atoms with Gasteiger partial charge >= 0.3 is 0 Å². The fourth-order valence-electron chi connectivity index (χ4n) is 3.44. The average Bonchev–Trinajstić information content (AvgIpc) is 2.67. The van der Waals surface area contributed by atoms with E-state index in [2.05, 4.69) is 13.8 Å². The summed E-state index contributed by atoms with van der Waals surface area (Å²) >= 11 is 1.49. The normalized spacial score (nSPS) is 18.6. The Kier molecular flexibility index (Phi) is 10.2. The lowest BCUT2D eigenvalue weighted by molar-refractivity contribution is -0.172. The van der Waals surface area contributed by atoms with Crippen molar-refractivity contribution < 1.29 is 24.4 Å². The van der Waals surface area contributed by atoms with E-state index in [1.54, 1.807) is 0 Å². The predicted octanol–water partition coefficient (Wildman–Crippen LogP) is 4.14. The molecule has 7 heteroatoms. The summed E-state index contributed by atoms with van der Waals surface area (Å²) in [5.41, 5.74) is 0.751. The van der Waals surface area contributed by atoms with Crippen molar-refractivity contribution >= 4 is 17.4 Å². The number of hydrogen-bond acceptors (Lipinski definition) is 6. The second-order valence-electron chi connectivity index (χ2n) is 7.96. The summed E-state index contributed by atoms with van der Waals surface area (Å²) in [6, 6.07) is 4.89. The second-order valence-corrected chi connectivity index (χ2v) is 9.12. The molecule has 0 aromatic heterocycles. The highest BCUT2D eigenvalue weighted by Gasteiger charge is 2.29. The number of halogens is 1. The van der Waals surface area contributed by atoms with Gasteiger partial charge in [-0.25, -0.2) is 4.39 Å². The maximum Gasteiger partial charge on any atom is 0.165 e. The Morgan fingerprint density at radius 2 is 1.90 bits per heavy atom. The van der Waals surface area contributed by atoms with Crippen LogP contribution < -0.4 is 4.90 Å². The SMILES string of the molecule is CCCCC(CC)COC(O)CCSc1cc(F)cc(N2CCC(O)(O)CC2)c1. The smallest absolute Gasteiger partial charge is 0.165 e. The zero-order valence-electron chi connectivity index (χ0n) is 17.6. The third kappa shape index (κ3) is 8.80. The number of unbranched alkanes of at least 4 members (excludes halogenated alkanes) is 1. The monoisotopic (exact) mass is 429 g/mol. The van der Waals surface area contributed by atoms with Crippen LogP contribution in [-0.2, 0) is 4.74 Å². The first kappa shape index (κ1) is 24.4. The number of ether oxygens (including phenoxy) is 1. The lowest BCUT2D eigenvalue weighted by Gasteiger charge is -2.36. The number of piperidine rings is 1. The Labute approximate surface area is 178 Å². The molecule has 0 spiro atoms. The van der Waals surface area contributed by atoms with Crippen molar-refractivity contribution in [2.24, 2.45) is 5.92 Å². The largest absolute Gasteiger partial charge is 0.371 e. The highest BCUT2D eigenvalue weighted by Crippen LogP contribution is 2.30. The Balaban J connectivity index is 1.78. The maximum absolute atomic E-state index is 14.1. The first-order valence-electron chi connectivity index (χ1n) is 10.8. The van der Waals surface area contributed by atoms with Crippen LogP contribution in [0.5, 0.6) is 0 Å². The van der Waals surface area contributed by atoms with Gasteiger partial charge < -0.3 is 25.0 Å². The minimum absolute atomic E-state index is 0.243. The van der Waals surface area contributed by atoms with Gasteiger partial charge in [-0.2, -0.15) is 0 Å². The summed E-state index contributed by atoms with van der Waals surface area (Å²) in [4.78, 5) is 2.77. The maximum atomic E-state index is 14.1. The number of rotatable bonds is 12. The number of hydrogen-bond donors (Lipinski definition) is 3. The van der Waals surface area contributed by atoms with Crippen LogP contribution in [0.4, 0.5) is 10.1 Å². The van der Waals surface area contributed by atoms with Gasteiger partial charge in [0.25, 0.3) is 0 Å². The van der Waals surface area contributed by atoms with Crippen molar-refractivity contribution in [3.05, 3.63) is 24.0 Å². The molecular formula is C22H36FNO4S. The van der Waals surface area contributed by atoms with E-state index in [1.165, 1.54) is 36.7 Å². The highest BCUT2D eigenvalue weighted by molar-refractivity contribution is 7.99. The van der Waals surface area contributed by atoms with E-state index < -0.39 is 12.1 Å². The van der Waals surface area contributed by atoms with Crippen LogP contribution in [-0.4, -0.2) is 52.8 Å². The molecule has 1 saturated heterocycles. The molecular weight excluding hydrogens is 393 g/mol. The number of thioether (sulfide) groups is 1. The van der Waals surface area contributed by atoms with Gasteiger partial charge in [0.15, 0.2) is 12.1 Å². The first-order valence-corrected chi connectivity index (χ1v) is 11.7. The molecule has 166 valence electrons. The Hall–Kier alpha value is -0.860. The molecule has 1 aromatic carbocycles.